The van der Waals surface area contributed by atoms with Gasteiger partial charge in [0, 0.05) is 19.5 Å². The van der Waals surface area contributed by atoms with E-state index in [1.165, 1.54) is 0 Å². The summed E-state index contributed by atoms with van der Waals surface area (Å²) in [5.41, 5.74) is 0. The van der Waals surface area contributed by atoms with E-state index in [4.69, 9.17) is 4.74 Å². The Bertz CT molecular complexity index is 107. The number of hydrogen-bond donors (Lipinski definition) is 1. The second-order valence-corrected chi connectivity index (χ2v) is 4.80. The van der Waals surface area contributed by atoms with Crippen LogP contribution >= 0.6 is 11.8 Å². The van der Waals surface area contributed by atoms with Crippen molar-refractivity contribution in [2.75, 3.05) is 25.2 Å². The normalized spacial score (nSPS) is 13.6. The maximum Gasteiger partial charge on any atom is 0.0631 e. The molecule has 0 radical (unpaired) electrons. The molecule has 0 saturated carbocycles. The Balaban J connectivity index is 3.15. The Morgan fingerprint density at radius 3 is 2.54 bits per heavy atom. The first kappa shape index (κ1) is 13.3. The van der Waals surface area contributed by atoms with E-state index in [9.17, 15) is 5.11 Å². The average Bonchev–Trinajstić information content (AvgIpc) is 2.04. The molecule has 2 nitrogen and oxygen atoms in total. The van der Waals surface area contributed by atoms with Crippen LogP contribution in [-0.4, -0.2) is 36.4 Å². The highest BCUT2D eigenvalue weighted by Crippen LogP contribution is 2.11. The summed E-state index contributed by atoms with van der Waals surface area (Å²) in [4.78, 5) is 0. The van der Waals surface area contributed by atoms with E-state index in [-0.39, 0.29) is 6.10 Å². The number of hydrogen-bond acceptors (Lipinski definition) is 3. The summed E-state index contributed by atoms with van der Waals surface area (Å²) in [6.45, 7) is 5.15. The third kappa shape index (κ3) is 10.2. The average molecular weight is 206 g/mol. The molecule has 0 aromatic rings. The largest absolute Gasteiger partial charge is 0.392 e. The SMILES string of the molecule is COCCCC(O)CSCC(C)C. The summed E-state index contributed by atoms with van der Waals surface area (Å²) in [7, 11) is 1.69. The third-order valence-corrected chi connectivity index (χ3v) is 3.17. The highest BCUT2D eigenvalue weighted by molar-refractivity contribution is 7.99. The molecule has 1 N–H and O–H groups in total. The Hall–Kier alpha value is 0.270. The molecule has 3 heteroatoms. The minimum Gasteiger partial charge on any atom is -0.392 e. The van der Waals surface area contributed by atoms with Crippen molar-refractivity contribution < 1.29 is 9.84 Å². The van der Waals surface area contributed by atoms with Crippen LogP contribution in [0.1, 0.15) is 26.7 Å². The molecule has 0 aromatic carbocycles. The lowest BCUT2D eigenvalue weighted by Crippen LogP contribution is -2.11. The van der Waals surface area contributed by atoms with E-state index in [0.717, 1.165) is 36.9 Å². The number of thioether (sulfide) groups is 1. The van der Waals surface area contributed by atoms with Crippen LogP contribution in [0.4, 0.5) is 0 Å². The number of aliphatic hydroxyl groups excluding tert-OH is 1. The Morgan fingerprint density at radius 2 is 2.00 bits per heavy atom. The summed E-state index contributed by atoms with van der Waals surface area (Å²) in [6.07, 6.45) is 1.66. The van der Waals surface area contributed by atoms with Crippen LogP contribution in [0, 0.1) is 5.92 Å². The lowest BCUT2D eigenvalue weighted by Gasteiger charge is -2.10. The van der Waals surface area contributed by atoms with Gasteiger partial charge in [-0.25, -0.2) is 0 Å². The van der Waals surface area contributed by atoms with E-state index in [1.54, 1.807) is 7.11 Å². The molecule has 80 valence electrons. The highest BCUT2D eigenvalue weighted by Gasteiger charge is 2.04. The zero-order chi connectivity index (χ0) is 10.1. The molecule has 0 aliphatic heterocycles. The second-order valence-electron chi connectivity index (χ2n) is 3.72. The van der Waals surface area contributed by atoms with Gasteiger partial charge in [0.1, 0.15) is 0 Å². The Labute approximate surface area is 86.1 Å². The van der Waals surface area contributed by atoms with Gasteiger partial charge in [-0.05, 0) is 24.5 Å². The van der Waals surface area contributed by atoms with Crippen molar-refractivity contribution in [1.29, 1.82) is 0 Å². The standard InChI is InChI=1S/C10H22O2S/c1-9(2)7-13-8-10(11)5-4-6-12-3/h9-11H,4-8H2,1-3H3. The molecule has 13 heavy (non-hydrogen) atoms. The van der Waals surface area contributed by atoms with E-state index in [2.05, 4.69) is 13.8 Å². The van der Waals surface area contributed by atoms with Crippen LogP contribution < -0.4 is 0 Å². The molecule has 0 rings (SSSR count). The van der Waals surface area contributed by atoms with Crippen molar-refractivity contribution >= 4 is 11.8 Å². The van der Waals surface area contributed by atoms with Gasteiger partial charge in [-0.3, -0.25) is 0 Å². The van der Waals surface area contributed by atoms with Gasteiger partial charge >= 0.3 is 0 Å². The number of ether oxygens (including phenoxy) is 1. The monoisotopic (exact) mass is 206 g/mol. The fourth-order valence-electron chi connectivity index (χ4n) is 0.986. The fourth-order valence-corrected chi connectivity index (χ4v) is 2.03. The number of aliphatic hydroxyl groups is 1. The first-order valence-corrected chi connectivity index (χ1v) is 6.07. The van der Waals surface area contributed by atoms with Crippen LogP contribution in [0.2, 0.25) is 0 Å². The molecule has 1 atom stereocenters. The lowest BCUT2D eigenvalue weighted by molar-refractivity contribution is 0.149. The van der Waals surface area contributed by atoms with Crippen LogP contribution in [0.25, 0.3) is 0 Å². The molecular formula is C10H22O2S. The van der Waals surface area contributed by atoms with Crippen molar-refractivity contribution in [3.05, 3.63) is 0 Å². The minimum atomic E-state index is -0.154. The molecule has 0 aliphatic carbocycles. The summed E-state index contributed by atoms with van der Waals surface area (Å²) in [5.74, 6) is 2.72. The van der Waals surface area contributed by atoms with Gasteiger partial charge in [-0.2, -0.15) is 11.8 Å². The highest BCUT2D eigenvalue weighted by atomic mass is 32.2. The zero-order valence-electron chi connectivity index (χ0n) is 8.95. The molecular weight excluding hydrogens is 184 g/mol. The van der Waals surface area contributed by atoms with Crippen molar-refractivity contribution in [2.24, 2.45) is 5.92 Å². The summed E-state index contributed by atoms with van der Waals surface area (Å²) in [6, 6.07) is 0. The third-order valence-electron chi connectivity index (χ3n) is 1.65. The molecule has 1 unspecified atom stereocenters. The van der Waals surface area contributed by atoms with Crippen LogP contribution in [-0.2, 0) is 4.74 Å². The van der Waals surface area contributed by atoms with Gasteiger partial charge in [-0.1, -0.05) is 13.8 Å². The van der Waals surface area contributed by atoms with E-state index < -0.39 is 0 Å². The maximum atomic E-state index is 9.51. The van der Waals surface area contributed by atoms with E-state index in [1.807, 2.05) is 11.8 Å². The molecule has 0 saturated heterocycles. The predicted molar refractivity (Wildman–Crippen MR) is 59.3 cm³/mol. The second kappa shape index (κ2) is 8.85. The fraction of sp³-hybridized carbons (Fsp3) is 1.00. The smallest absolute Gasteiger partial charge is 0.0631 e. The Kier molecular flexibility index (Phi) is 9.03. The van der Waals surface area contributed by atoms with Crippen LogP contribution in [0.3, 0.4) is 0 Å². The van der Waals surface area contributed by atoms with Gasteiger partial charge in [0.25, 0.3) is 0 Å². The number of rotatable bonds is 8. The molecule has 0 amide bonds. The summed E-state index contributed by atoms with van der Waals surface area (Å²) < 4.78 is 4.92. The molecule has 0 bridgehead atoms. The molecule has 0 spiro atoms. The van der Waals surface area contributed by atoms with Crippen LogP contribution in [0.5, 0.6) is 0 Å². The summed E-state index contributed by atoms with van der Waals surface area (Å²) >= 11 is 1.84. The van der Waals surface area contributed by atoms with Gasteiger partial charge in [0.15, 0.2) is 0 Å². The minimum absolute atomic E-state index is 0.154. The Morgan fingerprint density at radius 1 is 1.31 bits per heavy atom. The van der Waals surface area contributed by atoms with Crippen molar-refractivity contribution in [2.45, 2.75) is 32.8 Å². The van der Waals surface area contributed by atoms with Gasteiger partial charge in [0.05, 0.1) is 6.10 Å². The maximum absolute atomic E-state index is 9.51. The first-order chi connectivity index (χ1) is 6.16. The predicted octanol–water partition coefficient (Wildman–Crippen LogP) is 2.16. The first-order valence-electron chi connectivity index (χ1n) is 4.91. The van der Waals surface area contributed by atoms with Crippen molar-refractivity contribution in [1.82, 2.24) is 0 Å². The van der Waals surface area contributed by atoms with Crippen molar-refractivity contribution in [3.8, 4) is 0 Å². The topological polar surface area (TPSA) is 29.5 Å². The van der Waals surface area contributed by atoms with Gasteiger partial charge < -0.3 is 9.84 Å². The molecule has 0 fully saturated rings. The molecule has 0 heterocycles. The summed E-state index contributed by atoms with van der Waals surface area (Å²) in [5, 5.41) is 9.51. The lowest BCUT2D eigenvalue weighted by atomic mass is 10.2. The molecule has 0 aromatic heterocycles. The van der Waals surface area contributed by atoms with Gasteiger partial charge in [-0.15, -0.1) is 0 Å². The zero-order valence-corrected chi connectivity index (χ0v) is 9.77. The van der Waals surface area contributed by atoms with E-state index in [0.29, 0.717) is 0 Å². The number of methoxy groups -OCH3 is 1. The quantitative estimate of drug-likeness (QED) is 0.617. The van der Waals surface area contributed by atoms with Crippen molar-refractivity contribution in [3.63, 3.8) is 0 Å². The van der Waals surface area contributed by atoms with Gasteiger partial charge in [0.2, 0.25) is 0 Å². The molecule has 0 aliphatic rings. The van der Waals surface area contributed by atoms with Crippen LogP contribution in [0.15, 0.2) is 0 Å². The van der Waals surface area contributed by atoms with E-state index >= 15 is 0 Å².